The fraction of sp³-hybridized carbons (Fsp3) is 0.656. The third kappa shape index (κ3) is 36.7. The quantitative estimate of drug-likeness (QED) is 0.0279. The van der Waals surface area contributed by atoms with Gasteiger partial charge in [0.1, 0.15) is 0 Å². The van der Waals surface area contributed by atoms with E-state index >= 15 is 0 Å². The topological polar surface area (TPSA) is 433 Å². The smallest absolute Gasteiger partial charge is 0.317 e. The van der Waals surface area contributed by atoms with Gasteiger partial charge in [0.2, 0.25) is 0 Å². The van der Waals surface area contributed by atoms with Gasteiger partial charge in [-0.15, -0.1) is 0 Å². The van der Waals surface area contributed by atoms with Crippen LogP contribution < -0.4 is 0 Å². The summed E-state index contributed by atoms with van der Waals surface area (Å²) < 4.78 is 0. The Morgan fingerprint density at radius 3 is 0.377 bits per heavy atom. The third-order valence-corrected chi connectivity index (χ3v) is 7.61. The monoisotopic (exact) mass is 897 g/mol. The molecular weight excluding hydrogens is 834 g/mol. The van der Waals surface area contributed by atoms with E-state index in [0.29, 0.717) is 0 Å². The first-order chi connectivity index (χ1) is 28.3. The van der Waals surface area contributed by atoms with E-state index in [-0.39, 0.29) is 72.6 Å². The van der Waals surface area contributed by atoms with Crippen LogP contribution in [0.15, 0.2) is 0 Å². The van der Waals surface area contributed by atoms with Gasteiger partial charge in [-0.25, -0.2) is 0 Å². The molecule has 0 aromatic heterocycles. The number of hydrogen-bond donors (Lipinski definition) is 11. The Labute approximate surface area is 353 Å². The van der Waals surface area contributed by atoms with Crippen LogP contribution in [0.1, 0.15) is 7.13 Å². The van der Waals surface area contributed by atoms with Gasteiger partial charge in [0.25, 0.3) is 0 Å². The number of carboxylic acid groups (broad SMARTS) is 11. The zero-order valence-corrected chi connectivity index (χ0v) is 32.9. The van der Waals surface area contributed by atoms with E-state index in [4.69, 9.17) is 56.2 Å². The van der Waals surface area contributed by atoms with E-state index in [2.05, 4.69) is 0 Å². The van der Waals surface area contributed by atoms with Gasteiger partial charge < -0.3 is 56.2 Å². The van der Waals surface area contributed by atoms with Crippen LogP contribution in [0.4, 0.5) is 0 Å². The Morgan fingerprint density at radius 2 is 0.279 bits per heavy atom. The normalized spacial score (nSPS) is 11.2. The van der Waals surface area contributed by atoms with Crippen molar-refractivity contribution < 1.29 is 116 Å². The Hall–Kier alpha value is -6.11. The maximum Gasteiger partial charge on any atom is 0.317 e. The predicted octanol–water partition coefficient (Wildman–Crippen LogP) is -4.75. The maximum atomic E-state index is 11.2. The molecule has 0 aromatic rings. The highest BCUT2D eigenvalue weighted by molar-refractivity contribution is 5.74. The molecule has 0 fully saturated rings. The molecule has 0 bridgehead atoms. The standard InChI is InChI=1S/C18H30N4O12.C14H23N3O10.5H2/c23-13(24)7-19(3-5-21(9-15(27)28)10-16(29)30)1-2-20(8-14(25)26)4-6-22(11-17(31)32)12-18(33)34;18-10(19)5-15(1-3-16(6-11(20)21)7-12(22)23)2-4-17(8-13(24)25)9-14(26)27;;;;;/h1-12H2,(H,23,24)(H,25,26)(H,27,28)(H,29,30)(H,31,32)(H,33,34);1-9H2,(H,18,19)(H,20,21)(H,22,23)(H,24,25)(H,26,27);5*1H. The van der Waals surface area contributed by atoms with Crippen LogP contribution in [0.2, 0.25) is 0 Å². The van der Waals surface area contributed by atoms with Crippen LogP contribution in [-0.4, -0.2) is 294 Å². The molecule has 0 saturated carbocycles. The molecule has 0 heterocycles. The molecular formula is C32H63N7O22. The van der Waals surface area contributed by atoms with Crippen molar-refractivity contribution in [1.82, 2.24) is 34.3 Å². The lowest BCUT2D eigenvalue weighted by molar-refractivity contribution is -0.144. The molecule has 0 radical (unpaired) electrons. The highest BCUT2D eigenvalue weighted by atomic mass is 16.4. The summed E-state index contributed by atoms with van der Waals surface area (Å²) in [6.45, 7) is -6.09. The summed E-state index contributed by atoms with van der Waals surface area (Å²) >= 11 is 0. The lowest BCUT2D eigenvalue weighted by atomic mass is 10.3. The second kappa shape index (κ2) is 31.8. The highest BCUT2D eigenvalue weighted by Gasteiger charge is 2.22. The van der Waals surface area contributed by atoms with Gasteiger partial charge in [-0.05, 0) is 0 Å². The summed E-state index contributed by atoms with van der Waals surface area (Å²) in [6.07, 6.45) is 0. The van der Waals surface area contributed by atoms with E-state index in [1.807, 2.05) is 0 Å². The lowest BCUT2D eigenvalue weighted by Gasteiger charge is -2.29. The SMILES string of the molecule is O=C(O)CN(CCN(CC(=O)O)CC(=O)O)CCN(CC(=O)O)CC(=O)O.O=C(O)CN(CCN(CCN(CC(=O)O)CC(=O)O)CC(=O)O)CCN(CC(=O)O)CC(=O)O.[HH].[HH].[HH].[HH].[HH]. The van der Waals surface area contributed by atoms with Gasteiger partial charge in [0.05, 0.1) is 72.0 Å². The first-order valence-corrected chi connectivity index (χ1v) is 17.7. The highest BCUT2D eigenvalue weighted by Crippen LogP contribution is 2.00. The predicted molar refractivity (Wildman–Crippen MR) is 210 cm³/mol. The molecule has 0 atom stereocenters. The minimum absolute atomic E-state index is 0. The fourth-order valence-corrected chi connectivity index (χ4v) is 5.18. The Balaban J connectivity index is -0.000000200. The molecule has 0 amide bonds. The van der Waals surface area contributed by atoms with Crippen molar-refractivity contribution in [3.05, 3.63) is 0 Å². The largest absolute Gasteiger partial charge is 0.480 e. The first-order valence-electron chi connectivity index (χ1n) is 17.7. The summed E-state index contributed by atoms with van der Waals surface area (Å²) in [6, 6.07) is 0. The molecule has 61 heavy (non-hydrogen) atoms. The van der Waals surface area contributed by atoms with Gasteiger partial charge in [-0.2, -0.15) is 0 Å². The number of aliphatic carboxylic acids is 11. The van der Waals surface area contributed by atoms with E-state index in [0.717, 1.165) is 19.6 Å². The van der Waals surface area contributed by atoms with Crippen molar-refractivity contribution in [3.63, 3.8) is 0 Å². The average molecular weight is 898 g/mol. The van der Waals surface area contributed by atoms with Crippen molar-refractivity contribution in [2.24, 2.45) is 0 Å². The minimum Gasteiger partial charge on any atom is -0.480 e. The van der Waals surface area contributed by atoms with Crippen LogP contribution in [0, 0.1) is 0 Å². The summed E-state index contributed by atoms with van der Waals surface area (Å²) in [5.41, 5.74) is 0. The lowest BCUT2D eigenvalue weighted by Crippen LogP contribution is -2.46. The van der Waals surface area contributed by atoms with Gasteiger partial charge in [0.15, 0.2) is 0 Å². The number of nitrogens with zero attached hydrogens (tertiary/aromatic N) is 7. The van der Waals surface area contributed by atoms with Crippen LogP contribution in [-0.2, 0) is 52.7 Å². The second-order valence-corrected chi connectivity index (χ2v) is 13.0. The Kier molecular flexibility index (Phi) is 29.7. The second-order valence-electron chi connectivity index (χ2n) is 13.0. The molecule has 0 aromatic carbocycles. The number of rotatable bonds is 37. The summed E-state index contributed by atoms with van der Waals surface area (Å²) in [7, 11) is 0. The first kappa shape index (κ1) is 57.0. The molecule has 0 aliphatic rings. The molecule has 0 rings (SSSR count). The van der Waals surface area contributed by atoms with Crippen molar-refractivity contribution >= 4 is 65.7 Å². The van der Waals surface area contributed by atoms with Crippen molar-refractivity contribution in [2.75, 3.05) is 137 Å². The van der Waals surface area contributed by atoms with Crippen LogP contribution >= 0.6 is 0 Å². The summed E-state index contributed by atoms with van der Waals surface area (Å²) in [5.74, 6) is -13.6. The van der Waals surface area contributed by atoms with E-state index in [1.54, 1.807) is 0 Å². The number of hydrogen-bond acceptors (Lipinski definition) is 18. The third-order valence-electron chi connectivity index (χ3n) is 7.61. The molecule has 0 aliphatic heterocycles. The summed E-state index contributed by atoms with van der Waals surface area (Å²) in [4.78, 5) is 129. The molecule has 11 N–H and O–H groups in total. The molecule has 0 unspecified atom stereocenters. The minimum atomic E-state index is -1.26. The molecule has 0 saturated heterocycles. The molecule has 0 aliphatic carbocycles. The average Bonchev–Trinajstić information content (AvgIpc) is 3.06. The zero-order valence-electron chi connectivity index (χ0n) is 32.9. The molecule has 358 valence electrons. The molecule has 29 nitrogen and oxygen atoms in total. The Bertz CT molecular complexity index is 1360. The van der Waals surface area contributed by atoms with Crippen molar-refractivity contribution in [1.29, 1.82) is 0 Å². The number of carboxylic acids is 11. The van der Waals surface area contributed by atoms with E-state index in [9.17, 15) is 52.7 Å². The maximum absolute atomic E-state index is 11.2. The Morgan fingerprint density at radius 1 is 0.197 bits per heavy atom. The van der Waals surface area contributed by atoms with Crippen molar-refractivity contribution in [2.45, 2.75) is 0 Å². The van der Waals surface area contributed by atoms with Crippen LogP contribution in [0.3, 0.4) is 0 Å². The van der Waals surface area contributed by atoms with Crippen LogP contribution in [0.5, 0.6) is 0 Å². The summed E-state index contributed by atoms with van der Waals surface area (Å²) in [5, 5.41) is 98.0. The van der Waals surface area contributed by atoms with E-state index < -0.39 is 138 Å². The van der Waals surface area contributed by atoms with Gasteiger partial charge >= 0.3 is 65.7 Å². The molecule has 0 spiro atoms. The fourth-order valence-electron chi connectivity index (χ4n) is 5.18. The number of carbonyl (C=O) groups is 11. The van der Waals surface area contributed by atoms with Gasteiger partial charge in [-0.3, -0.25) is 87.0 Å². The van der Waals surface area contributed by atoms with Crippen LogP contribution in [0.25, 0.3) is 0 Å². The van der Waals surface area contributed by atoms with E-state index in [1.165, 1.54) is 14.7 Å². The van der Waals surface area contributed by atoms with Gasteiger partial charge in [-0.1, -0.05) is 0 Å². The van der Waals surface area contributed by atoms with Crippen molar-refractivity contribution in [3.8, 4) is 0 Å². The van der Waals surface area contributed by atoms with Gasteiger partial charge in [0, 0.05) is 72.6 Å². The zero-order chi connectivity index (χ0) is 47.2. The molecule has 29 heteroatoms.